The first kappa shape index (κ1) is 37.2. The van der Waals surface area contributed by atoms with Crippen molar-refractivity contribution in [2.24, 2.45) is 0 Å². The molecule has 2 atom stereocenters. The quantitative estimate of drug-likeness (QED) is 0.0700. The van der Waals surface area contributed by atoms with E-state index in [2.05, 4.69) is 106 Å². The molecule has 0 spiro atoms. The minimum Gasteiger partial charge on any atom is -0.468 e. The van der Waals surface area contributed by atoms with Gasteiger partial charge in [0.2, 0.25) is 17.7 Å². The third kappa shape index (κ3) is 10.9. The van der Waals surface area contributed by atoms with E-state index in [9.17, 15) is 24.0 Å². The highest BCUT2D eigenvalue weighted by Gasteiger charge is 2.44. The molecule has 3 N–H and O–H groups in total. The van der Waals surface area contributed by atoms with Crippen LogP contribution >= 0.6 is 19.9 Å². The number of unbranched alkanes of at least 4 members (excludes halogenated alkanes) is 1. The van der Waals surface area contributed by atoms with Crippen molar-refractivity contribution in [1.29, 1.82) is 0 Å². The highest BCUT2D eigenvalue weighted by Crippen LogP contribution is 2.55. The monoisotopic (exact) mass is 680 g/mol. The molecule has 0 fully saturated rings. The lowest BCUT2D eigenvalue weighted by atomic mass is 10.1. The smallest absolute Gasteiger partial charge is 0.328 e. The van der Waals surface area contributed by atoms with Crippen LogP contribution in [-0.2, 0) is 33.4 Å². The molecule has 47 heavy (non-hydrogen) atoms. The molecule has 0 aliphatic heterocycles. The Labute approximate surface area is 282 Å². The molecule has 0 aliphatic rings. The number of esters is 2. The molecule has 0 saturated carbocycles. The summed E-state index contributed by atoms with van der Waals surface area (Å²) in [6.45, 7) is -0.348. The number of ether oxygens (including phenoxy) is 2. The summed E-state index contributed by atoms with van der Waals surface area (Å²) in [5, 5.41) is 11.4. The lowest BCUT2D eigenvalue weighted by Gasteiger charge is -2.27. The van der Waals surface area contributed by atoms with E-state index in [4.69, 9.17) is 4.74 Å². The number of benzene rings is 3. The highest BCUT2D eigenvalue weighted by atomic mass is 32.1. The van der Waals surface area contributed by atoms with E-state index in [1.54, 1.807) is 0 Å². The SMILES string of the molecule is COC(=O)CNC(=O)[C@H](CS)NC(=O)CC[C@H](NC(=O)CCCC[P+](c1ccccc1)(c1ccccc1)c1ccccc1)C(=O)OC. The van der Waals surface area contributed by atoms with E-state index in [-0.39, 0.29) is 37.5 Å². The Morgan fingerprint density at radius 3 is 1.64 bits per heavy atom. The zero-order chi connectivity index (χ0) is 34.1. The van der Waals surface area contributed by atoms with Crippen LogP contribution < -0.4 is 31.9 Å². The normalized spacial score (nSPS) is 12.2. The summed E-state index contributed by atoms with van der Waals surface area (Å²) in [6, 6.07) is 29.5. The van der Waals surface area contributed by atoms with Crippen molar-refractivity contribution in [2.45, 2.75) is 44.2 Å². The molecule has 10 nitrogen and oxygen atoms in total. The summed E-state index contributed by atoms with van der Waals surface area (Å²) in [4.78, 5) is 61.6. The van der Waals surface area contributed by atoms with Crippen LogP contribution in [0.2, 0.25) is 0 Å². The topological polar surface area (TPSA) is 140 Å². The fourth-order valence-corrected chi connectivity index (χ4v) is 9.93. The van der Waals surface area contributed by atoms with Crippen molar-refractivity contribution in [3.63, 3.8) is 0 Å². The molecule has 3 amide bonds. The van der Waals surface area contributed by atoms with Crippen molar-refractivity contribution in [2.75, 3.05) is 32.7 Å². The van der Waals surface area contributed by atoms with E-state index >= 15 is 0 Å². The van der Waals surface area contributed by atoms with Gasteiger partial charge < -0.3 is 25.4 Å². The summed E-state index contributed by atoms with van der Waals surface area (Å²) in [7, 11) is 0.382. The summed E-state index contributed by atoms with van der Waals surface area (Å²) in [5.41, 5.74) is 0. The van der Waals surface area contributed by atoms with Crippen molar-refractivity contribution in [3.05, 3.63) is 91.0 Å². The van der Waals surface area contributed by atoms with E-state index in [0.717, 1.165) is 12.6 Å². The van der Waals surface area contributed by atoms with Crippen LogP contribution in [0.5, 0.6) is 0 Å². The van der Waals surface area contributed by atoms with Gasteiger partial charge in [-0.3, -0.25) is 19.2 Å². The van der Waals surface area contributed by atoms with E-state index in [0.29, 0.717) is 6.42 Å². The molecule has 3 aromatic rings. The lowest BCUT2D eigenvalue weighted by molar-refractivity contribution is -0.145. The van der Waals surface area contributed by atoms with Crippen molar-refractivity contribution >= 4 is 65.5 Å². The molecule has 12 heteroatoms. The second-order valence-corrected chi connectivity index (χ2v) is 14.8. The highest BCUT2D eigenvalue weighted by molar-refractivity contribution is 7.95. The van der Waals surface area contributed by atoms with Crippen LogP contribution in [0, 0.1) is 0 Å². The average molecular weight is 681 g/mol. The fourth-order valence-electron chi connectivity index (χ4n) is 5.26. The Morgan fingerprint density at radius 1 is 0.681 bits per heavy atom. The van der Waals surface area contributed by atoms with Gasteiger partial charge in [-0.2, -0.15) is 12.6 Å². The van der Waals surface area contributed by atoms with E-state index < -0.39 is 43.1 Å². The van der Waals surface area contributed by atoms with E-state index in [1.165, 1.54) is 30.1 Å². The number of hydrogen-bond acceptors (Lipinski definition) is 8. The molecular formula is C35H43N3O7PS+. The molecular weight excluding hydrogens is 637 g/mol. The lowest BCUT2D eigenvalue weighted by Crippen LogP contribution is -2.49. The Kier molecular flexibility index (Phi) is 15.4. The Hall–Kier alpha value is -4.21. The van der Waals surface area contributed by atoms with Crippen LogP contribution in [0.4, 0.5) is 0 Å². The van der Waals surface area contributed by atoms with Gasteiger partial charge in [-0.25, -0.2) is 4.79 Å². The number of hydrogen-bond donors (Lipinski definition) is 4. The Balaban J connectivity index is 1.61. The molecule has 0 radical (unpaired) electrons. The number of nitrogens with one attached hydrogen (secondary N) is 3. The summed E-state index contributed by atoms with van der Waals surface area (Å²) >= 11 is 4.10. The summed E-state index contributed by atoms with van der Waals surface area (Å²) < 4.78 is 9.36. The maximum absolute atomic E-state index is 13.0. The van der Waals surface area contributed by atoms with Crippen molar-refractivity contribution in [3.8, 4) is 0 Å². The van der Waals surface area contributed by atoms with E-state index in [1.807, 2.05) is 18.2 Å². The third-order valence-electron chi connectivity index (χ3n) is 7.69. The number of thiol groups is 1. The van der Waals surface area contributed by atoms with Crippen LogP contribution in [0.25, 0.3) is 0 Å². The minimum absolute atomic E-state index is 0.0156. The zero-order valence-corrected chi connectivity index (χ0v) is 28.5. The third-order valence-corrected chi connectivity index (χ3v) is 12.6. The van der Waals surface area contributed by atoms with Gasteiger partial charge >= 0.3 is 11.9 Å². The average Bonchev–Trinajstić information content (AvgIpc) is 3.12. The predicted octanol–water partition coefficient (Wildman–Crippen LogP) is 2.29. The van der Waals surface area contributed by atoms with Gasteiger partial charge in [0.25, 0.3) is 0 Å². The largest absolute Gasteiger partial charge is 0.468 e. The summed E-state index contributed by atoms with van der Waals surface area (Å²) in [6.07, 6.45) is 2.23. The molecule has 3 rings (SSSR count). The molecule has 0 unspecified atom stereocenters. The van der Waals surface area contributed by atoms with Gasteiger partial charge in [0.1, 0.15) is 41.8 Å². The number of carbonyl (C=O) groups excluding carboxylic acids is 5. The maximum Gasteiger partial charge on any atom is 0.328 e. The summed E-state index contributed by atoms with van der Waals surface area (Å²) in [5.74, 6) is -2.77. The predicted molar refractivity (Wildman–Crippen MR) is 188 cm³/mol. The number of amides is 3. The fraction of sp³-hybridized carbons (Fsp3) is 0.343. The number of rotatable bonds is 18. The Bertz CT molecular complexity index is 1370. The van der Waals surface area contributed by atoms with Gasteiger partial charge in [-0.15, -0.1) is 0 Å². The Morgan fingerprint density at radius 2 is 1.17 bits per heavy atom. The van der Waals surface area contributed by atoms with Gasteiger partial charge in [0.15, 0.2) is 0 Å². The minimum atomic E-state index is -2.02. The second kappa shape index (κ2) is 19.5. The number of carbonyl (C=O) groups is 5. The first-order valence-electron chi connectivity index (χ1n) is 15.4. The van der Waals surface area contributed by atoms with Gasteiger partial charge in [-0.05, 0) is 55.7 Å². The van der Waals surface area contributed by atoms with Crippen LogP contribution in [0.1, 0.15) is 32.1 Å². The van der Waals surface area contributed by atoms with Crippen LogP contribution in [-0.4, -0.2) is 74.4 Å². The molecule has 0 heterocycles. The van der Waals surface area contributed by atoms with Gasteiger partial charge in [0.05, 0.1) is 20.4 Å². The zero-order valence-electron chi connectivity index (χ0n) is 26.7. The van der Waals surface area contributed by atoms with Crippen molar-refractivity contribution in [1.82, 2.24) is 16.0 Å². The second-order valence-electron chi connectivity index (χ2n) is 10.8. The van der Waals surface area contributed by atoms with Crippen LogP contribution in [0.15, 0.2) is 91.0 Å². The first-order valence-corrected chi connectivity index (χ1v) is 18.0. The molecule has 0 aromatic heterocycles. The number of methoxy groups -OCH3 is 2. The van der Waals surface area contributed by atoms with Crippen LogP contribution in [0.3, 0.4) is 0 Å². The van der Waals surface area contributed by atoms with Gasteiger partial charge in [0, 0.05) is 18.6 Å². The first-order chi connectivity index (χ1) is 22.7. The van der Waals surface area contributed by atoms with Gasteiger partial charge in [-0.1, -0.05) is 54.6 Å². The molecule has 0 saturated heterocycles. The van der Waals surface area contributed by atoms with Crippen molar-refractivity contribution < 1.29 is 33.4 Å². The standard InChI is InChI=1S/C35H42N3O7PS/c1-44-33(41)24-36-34(42)30(25-47)38-32(40)22-21-29(35(43)45-2)37-31(39)20-12-13-23-46(26-14-6-3-7-15-26,27-16-8-4-9-17-27)28-18-10-5-11-19-28/h3-11,14-19,29-30H,12-13,20-25H2,1-2H3,(H3-,36,37,38,39,40,42,47)/p+1/t29-,30-/m0/s1. The molecule has 250 valence electrons. The maximum atomic E-state index is 13.0. The molecule has 0 bridgehead atoms. The molecule has 3 aromatic carbocycles. The molecule has 0 aliphatic carbocycles.